The molecule has 0 aliphatic rings. The van der Waals surface area contributed by atoms with E-state index >= 15 is 0 Å². The topological polar surface area (TPSA) is 232 Å². The Balaban J connectivity index is -0.000000363. The van der Waals surface area contributed by atoms with Crippen molar-refractivity contribution in [2.75, 3.05) is 11.9 Å². The van der Waals surface area contributed by atoms with Crippen molar-refractivity contribution in [3.05, 3.63) is 60.2 Å². The summed E-state index contributed by atoms with van der Waals surface area (Å²) in [6, 6.07) is 11.1. The zero-order valence-corrected chi connectivity index (χ0v) is 28.3. The first-order valence-corrected chi connectivity index (χ1v) is 15.3. The molecule has 0 atom stereocenters. The molecule has 0 saturated heterocycles. The average molecular weight is 822 g/mol. The van der Waals surface area contributed by atoms with Gasteiger partial charge in [0.1, 0.15) is 12.1 Å². The normalized spacial score (nSPS) is 11.2. The van der Waals surface area contributed by atoms with Crippen molar-refractivity contribution in [1.82, 2.24) is 20.2 Å². The van der Waals surface area contributed by atoms with E-state index in [0.717, 1.165) is 11.4 Å². The van der Waals surface area contributed by atoms with Crippen LogP contribution in [0.3, 0.4) is 0 Å². The van der Waals surface area contributed by atoms with Crippen molar-refractivity contribution < 1.29 is 89.2 Å². The van der Waals surface area contributed by atoms with Gasteiger partial charge in [0.05, 0.1) is 29.8 Å². The summed E-state index contributed by atoms with van der Waals surface area (Å²) in [7, 11) is -12.2. The van der Waals surface area contributed by atoms with E-state index in [4.69, 9.17) is 53.9 Å². The van der Waals surface area contributed by atoms with E-state index in [-0.39, 0.29) is 40.3 Å². The smallest absolute Gasteiger partial charge is 0.741 e. The van der Waals surface area contributed by atoms with E-state index in [2.05, 4.69) is 15.3 Å². The van der Waals surface area contributed by atoms with E-state index < -0.39 is 42.9 Å². The van der Waals surface area contributed by atoms with Crippen molar-refractivity contribution in [3.63, 3.8) is 0 Å². The third-order valence-corrected chi connectivity index (χ3v) is 4.99. The Bertz CT molecular complexity index is 1310. The summed E-state index contributed by atoms with van der Waals surface area (Å²) >= 11 is 9.53. The van der Waals surface area contributed by atoms with Crippen molar-refractivity contribution in [3.8, 4) is 0 Å². The second-order valence-electron chi connectivity index (χ2n) is 8.65. The van der Waals surface area contributed by atoms with Crippen molar-refractivity contribution >= 4 is 55.4 Å². The second-order valence-corrected chi connectivity index (χ2v) is 12.2. The molecule has 0 aliphatic heterocycles. The Morgan fingerprint density at radius 3 is 1.38 bits per heavy atom. The average Bonchev–Trinajstić information content (AvgIpc) is 2.86. The number of carbonyl (C=O) groups is 2. The Hall–Kier alpha value is -2.50. The summed E-state index contributed by atoms with van der Waals surface area (Å²) in [5.41, 5.74) is -10.4. The van der Waals surface area contributed by atoms with Gasteiger partial charge in [0.25, 0.3) is 0 Å². The van der Waals surface area contributed by atoms with Crippen molar-refractivity contribution in [2.45, 2.75) is 50.5 Å². The maximum absolute atomic E-state index is 12.6. The summed E-state index contributed by atoms with van der Waals surface area (Å²) < 4.78 is 123. The molecule has 25 heteroatoms. The summed E-state index contributed by atoms with van der Waals surface area (Å²) in [6.07, 6.45) is 2.73. The number of hydrogen-bond donors (Lipinski definition) is 1. The Morgan fingerprint density at radius 2 is 1.15 bits per heavy atom. The number of alkyl carbamates (subject to hydrolysis) is 1. The second kappa shape index (κ2) is 23.0. The SMILES string of the molecule is CC(C)(C)OC(=O)NCC(=O)N(Cc1ccccn1)Cc1ccccn1.ClCCl.O=S(=O)([O-])C(F)(F)F.O=S(=O)([O-])C(F)(F)F.[Cu+2].[OH3+]. The quantitative estimate of drug-likeness (QED) is 0.111. The first kappa shape index (κ1) is 51.3. The van der Waals surface area contributed by atoms with Crippen LogP contribution in [0.4, 0.5) is 31.1 Å². The van der Waals surface area contributed by atoms with Gasteiger partial charge in [-0.05, 0) is 45.0 Å². The molecule has 47 heavy (non-hydrogen) atoms. The van der Waals surface area contributed by atoms with Crippen LogP contribution in [0.15, 0.2) is 48.8 Å². The minimum absolute atomic E-state index is 0. The molecular weight excluding hydrogens is 793 g/mol. The molecule has 0 unspecified atom stereocenters. The van der Waals surface area contributed by atoms with Crippen LogP contribution >= 0.6 is 23.2 Å². The van der Waals surface area contributed by atoms with Crippen LogP contribution in [0.1, 0.15) is 32.2 Å². The minimum atomic E-state index is -6.09. The fraction of sp³-hybridized carbons (Fsp3) is 0.455. The third-order valence-electron chi connectivity index (χ3n) is 3.86. The standard InChI is InChI=1S/C19H24N4O3.CH2Cl2.2CHF3O3S.Cu.H2O/c1-19(2,3)26-18(25)22-12-17(24)23(13-15-8-4-6-10-20-15)14-16-9-5-7-11-21-16;2-1-3;2*2-1(3,4)8(5,6)7;;/h4-11H,12-14H2,1-3H3,(H,22,25);1H2;2*(H,5,6,7);;1H2/q;;;;+2;/p-1. The first-order chi connectivity index (χ1) is 20.2. The number of ether oxygens (including phenoxy) is 1. The number of aromatic nitrogens is 2. The molecule has 14 nitrogen and oxygen atoms in total. The molecule has 2 heterocycles. The largest absolute Gasteiger partial charge is 2.00 e. The van der Waals surface area contributed by atoms with E-state index in [1.54, 1.807) is 38.1 Å². The zero-order valence-electron chi connectivity index (χ0n) is 24.2. The van der Waals surface area contributed by atoms with Crippen molar-refractivity contribution in [1.29, 1.82) is 0 Å². The van der Waals surface area contributed by atoms with E-state index in [1.807, 2.05) is 36.4 Å². The van der Waals surface area contributed by atoms with Gasteiger partial charge in [0.2, 0.25) is 5.91 Å². The van der Waals surface area contributed by atoms with Gasteiger partial charge in [0.15, 0.2) is 20.2 Å². The molecule has 2 aromatic heterocycles. The number of carbonyl (C=O) groups excluding carboxylic acids is 2. The molecule has 1 radical (unpaired) electrons. The van der Waals surface area contributed by atoms with Gasteiger partial charge in [-0.2, -0.15) is 26.3 Å². The molecule has 2 amide bonds. The zero-order chi connectivity index (χ0) is 35.7. The first-order valence-electron chi connectivity index (χ1n) is 11.5. The maximum atomic E-state index is 12.6. The monoisotopic (exact) mass is 820 g/mol. The number of alkyl halides is 8. The Morgan fingerprint density at radius 1 is 0.830 bits per heavy atom. The Kier molecular flexibility index (Phi) is 25.1. The predicted molar refractivity (Wildman–Crippen MR) is 150 cm³/mol. The molecular formula is C22H29Cl2CuF6N4O10S2+. The van der Waals surface area contributed by atoms with Crippen LogP contribution in [0, 0.1) is 0 Å². The number of rotatable bonds is 6. The number of halogens is 8. The molecule has 0 bridgehead atoms. The molecule has 0 aliphatic carbocycles. The minimum Gasteiger partial charge on any atom is -0.741 e. The van der Waals surface area contributed by atoms with Crippen LogP contribution in [-0.2, 0) is 65.4 Å². The maximum Gasteiger partial charge on any atom is 2.00 e. The van der Waals surface area contributed by atoms with Crippen LogP contribution in [-0.4, -0.2) is 81.3 Å². The number of nitrogens with one attached hydrogen (secondary N) is 1. The molecule has 0 spiro atoms. The van der Waals surface area contributed by atoms with Gasteiger partial charge < -0.3 is 29.5 Å². The molecule has 2 rings (SSSR count). The molecule has 2 aromatic rings. The molecule has 0 saturated carbocycles. The molecule has 4 N–H and O–H groups in total. The van der Waals surface area contributed by atoms with Crippen molar-refractivity contribution in [2.24, 2.45) is 0 Å². The summed E-state index contributed by atoms with van der Waals surface area (Å²) in [5.74, 6) is -0.243. The van der Waals surface area contributed by atoms with Gasteiger partial charge >= 0.3 is 34.2 Å². The number of pyridine rings is 2. The third kappa shape index (κ3) is 26.2. The summed E-state index contributed by atoms with van der Waals surface area (Å²) in [5, 5.41) is 2.69. The number of amides is 2. The van der Waals surface area contributed by atoms with E-state index in [9.17, 15) is 35.9 Å². The molecule has 275 valence electrons. The summed E-state index contributed by atoms with van der Waals surface area (Å²) in [4.78, 5) is 34.5. The van der Waals surface area contributed by atoms with Gasteiger partial charge in [-0.15, -0.1) is 23.2 Å². The number of hydrogen-bond acceptors (Lipinski definition) is 11. The predicted octanol–water partition coefficient (Wildman–Crippen LogP) is 3.13. The van der Waals surface area contributed by atoms with E-state index in [0.29, 0.717) is 13.1 Å². The Labute approximate surface area is 286 Å². The van der Waals surface area contributed by atoms with Crippen LogP contribution < -0.4 is 5.32 Å². The van der Waals surface area contributed by atoms with Crippen LogP contribution in [0.25, 0.3) is 0 Å². The van der Waals surface area contributed by atoms with Gasteiger partial charge in [-0.3, -0.25) is 14.8 Å². The molecule has 0 aromatic carbocycles. The molecule has 0 fully saturated rings. The van der Waals surface area contributed by atoms with Gasteiger partial charge in [0, 0.05) is 12.4 Å². The van der Waals surface area contributed by atoms with E-state index in [1.165, 1.54) is 0 Å². The fourth-order valence-corrected chi connectivity index (χ4v) is 2.18. The number of nitrogens with zero attached hydrogens (tertiary/aromatic N) is 3. The van der Waals surface area contributed by atoms with Gasteiger partial charge in [-0.1, -0.05) is 12.1 Å². The fourth-order valence-electron chi connectivity index (χ4n) is 2.18. The van der Waals surface area contributed by atoms with Crippen LogP contribution in [0.5, 0.6) is 0 Å². The van der Waals surface area contributed by atoms with Crippen LogP contribution in [0.2, 0.25) is 0 Å². The summed E-state index contributed by atoms with van der Waals surface area (Å²) in [6.45, 7) is 5.79. The van der Waals surface area contributed by atoms with Gasteiger partial charge in [-0.25, -0.2) is 21.6 Å².